The van der Waals surface area contributed by atoms with Crippen LogP contribution in [0.4, 0.5) is 0 Å². The predicted molar refractivity (Wildman–Crippen MR) is 72.9 cm³/mol. The third-order valence-electron chi connectivity index (χ3n) is 2.84. The zero-order valence-electron chi connectivity index (χ0n) is 10.9. The van der Waals surface area contributed by atoms with Gasteiger partial charge in [-0.25, -0.2) is 4.98 Å². The van der Waals surface area contributed by atoms with Gasteiger partial charge in [-0.3, -0.25) is 4.40 Å². The van der Waals surface area contributed by atoms with Crippen LogP contribution in [0, 0.1) is 0 Å². The van der Waals surface area contributed by atoms with Gasteiger partial charge < -0.3 is 10.5 Å². The Kier molecular flexibility index (Phi) is 3.67. The van der Waals surface area contributed by atoms with Crippen LogP contribution in [0.15, 0.2) is 31.0 Å². The van der Waals surface area contributed by atoms with Gasteiger partial charge in [-0.15, -0.1) is 0 Å². The molecule has 0 saturated carbocycles. The summed E-state index contributed by atoms with van der Waals surface area (Å²) in [7, 11) is 0. The standard InChI is InChI=1S/C14H19N3O/c1-4-8-18-12-6-5-7-17-11(9-15)13(10(2)3)16-14(12)17/h4-7,10H,1,8-9,15H2,2-3H3. The van der Waals surface area contributed by atoms with Gasteiger partial charge in [0.1, 0.15) is 6.61 Å². The molecule has 0 bridgehead atoms. The fraction of sp³-hybridized carbons (Fsp3) is 0.357. The van der Waals surface area contributed by atoms with Crippen molar-refractivity contribution in [3.05, 3.63) is 42.4 Å². The van der Waals surface area contributed by atoms with Crippen molar-refractivity contribution in [3.63, 3.8) is 0 Å². The Hall–Kier alpha value is -1.81. The maximum Gasteiger partial charge on any atom is 0.180 e. The van der Waals surface area contributed by atoms with E-state index in [0.29, 0.717) is 19.1 Å². The number of hydrogen-bond donors (Lipinski definition) is 1. The number of ether oxygens (including phenoxy) is 1. The van der Waals surface area contributed by atoms with Crippen molar-refractivity contribution < 1.29 is 4.74 Å². The molecule has 0 aliphatic carbocycles. The largest absolute Gasteiger partial charge is 0.486 e. The van der Waals surface area contributed by atoms with E-state index in [1.165, 1.54) is 0 Å². The third kappa shape index (κ3) is 2.11. The molecule has 4 nitrogen and oxygen atoms in total. The predicted octanol–water partition coefficient (Wildman–Crippen LogP) is 2.48. The van der Waals surface area contributed by atoms with Crippen LogP contribution in [0.5, 0.6) is 5.75 Å². The molecule has 0 saturated heterocycles. The van der Waals surface area contributed by atoms with Gasteiger partial charge in [-0.2, -0.15) is 0 Å². The fourth-order valence-electron chi connectivity index (χ4n) is 2.04. The van der Waals surface area contributed by atoms with E-state index in [-0.39, 0.29) is 0 Å². The number of hydrogen-bond acceptors (Lipinski definition) is 3. The van der Waals surface area contributed by atoms with Crippen molar-refractivity contribution in [1.82, 2.24) is 9.38 Å². The summed E-state index contributed by atoms with van der Waals surface area (Å²) in [6, 6.07) is 3.85. The molecular weight excluding hydrogens is 226 g/mol. The zero-order chi connectivity index (χ0) is 13.1. The molecule has 4 heteroatoms. The number of pyridine rings is 1. The third-order valence-corrected chi connectivity index (χ3v) is 2.84. The quantitative estimate of drug-likeness (QED) is 0.823. The highest BCUT2D eigenvalue weighted by atomic mass is 16.5. The lowest BCUT2D eigenvalue weighted by Crippen LogP contribution is -2.05. The van der Waals surface area contributed by atoms with Crippen LogP contribution in [0.3, 0.4) is 0 Å². The molecule has 0 aliphatic rings. The van der Waals surface area contributed by atoms with Crippen LogP contribution < -0.4 is 10.5 Å². The number of aromatic nitrogens is 2. The Morgan fingerprint density at radius 3 is 2.94 bits per heavy atom. The minimum Gasteiger partial charge on any atom is -0.486 e. The Balaban J connectivity index is 2.59. The molecule has 2 N–H and O–H groups in total. The van der Waals surface area contributed by atoms with Crippen LogP contribution in [-0.2, 0) is 6.54 Å². The van der Waals surface area contributed by atoms with Gasteiger partial charge in [0.05, 0.1) is 11.4 Å². The second-order valence-electron chi connectivity index (χ2n) is 4.47. The van der Waals surface area contributed by atoms with Crippen molar-refractivity contribution >= 4 is 5.65 Å². The van der Waals surface area contributed by atoms with Crippen LogP contribution in [-0.4, -0.2) is 16.0 Å². The molecule has 2 aromatic rings. The molecule has 2 aromatic heterocycles. The van der Waals surface area contributed by atoms with E-state index in [9.17, 15) is 0 Å². The van der Waals surface area contributed by atoms with E-state index in [1.54, 1.807) is 6.08 Å². The second kappa shape index (κ2) is 5.23. The number of nitrogens with zero attached hydrogens (tertiary/aromatic N) is 2. The number of fused-ring (bicyclic) bond motifs is 1. The molecule has 2 rings (SSSR count). The number of imidazole rings is 1. The Labute approximate surface area is 107 Å². The molecule has 0 radical (unpaired) electrons. The molecule has 18 heavy (non-hydrogen) atoms. The van der Waals surface area contributed by atoms with Crippen LogP contribution in [0.25, 0.3) is 5.65 Å². The normalized spacial score (nSPS) is 11.1. The van der Waals surface area contributed by atoms with E-state index in [0.717, 1.165) is 22.8 Å². The van der Waals surface area contributed by atoms with Crippen LogP contribution in [0.1, 0.15) is 31.2 Å². The lowest BCUT2D eigenvalue weighted by Gasteiger charge is -2.06. The summed E-state index contributed by atoms with van der Waals surface area (Å²) in [6.07, 6.45) is 3.69. The minimum absolute atomic E-state index is 0.343. The van der Waals surface area contributed by atoms with Crippen molar-refractivity contribution in [2.24, 2.45) is 5.73 Å². The summed E-state index contributed by atoms with van der Waals surface area (Å²) in [5.41, 5.74) is 8.73. The lowest BCUT2D eigenvalue weighted by molar-refractivity contribution is 0.365. The molecule has 0 fully saturated rings. The van der Waals surface area contributed by atoms with E-state index >= 15 is 0 Å². The van der Waals surface area contributed by atoms with Crippen molar-refractivity contribution in [1.29, 1.82) is 0 Å². The van der Waals surface area contributed by atoms with E-state index < -0.39 is 0 Å². The van der Waals surface area contributed by atoms with Gasteiger partial charge in [0.25, 0.3) is 0 Å². The molecule has 0 unspecified atom stereocenters. The van der Waals surface area contributed by atoms with E-state index in [2.05, 4.69) is 25.4 Å². The summed E-state index contributed by atoms with van der Waals surface area (Å²) in [5.74, 6) is 1.11. The second-order valence-corrected chi connectivity index (χ2v) is 4.47. The van der Waals surface area contributed by atoms with Gasteiger partial charge in [0.15, 0.2) is 11.4 Å². The highest BCUT2D eigenvalue weighted by Crippen LogP contribution is 2.26. The fourth-order valence-corrected chi connectivity index (χ4v) is 2.04. The van der Waals surface area contributed by atoms with Crippen molar-refractivity contribution in [3.8, 4) is 5.75 Å². The average molecular weight is 245 g/mol. The van der Waals surface area contributed by atoms with Gasteiger partial charge >= 0.3 is 0 Å². The molecule has 0 atom stereocenters. The van der Waals surface area contributed by atoms with E-state index in [1.807, 2.05) is 22.7 Å². The number of rotatable bonds is 5. The molecule has 2 heterocycles. The number of nitrogens with two attached hydrogens (primary N) is 1. The van der Waals surface area contributed by atoms with Gasteiger partial charge in [-0.1, -0.05) is 26.5 Å². The highest BCUT2D eigenvalue weighted by molar-refractivity contribution is 5.56. The molecule has 0 spiro atoms. The van der Waals surface area contributed by atoms with E-state index in [4.69, 9.17) is 10.5 Å². The smallest absolute Gasteiger partial charge is 0.180 e. The minimum atomic E-state index is 0.343. The first kappa shape index (κ1) is 12.6. The first-order valence-electron chi connectivity index (χ1n) is 6.12. The topological polar surface area (TPSA) is 52.5 Å². The Bertz CT molecular complexity index is 557. The maximum absolute atomic E-state index is 5.83. The summed E-state index contributed by atoms with van der Waals surface area (Å²) >= 11 is 0. The molecule has 0 amide bonds. The van der Waals surface area contributed by atoms with Crippen LogP contribution in [0.2, 0.25) is 0 Å². The zero-order valence-corrected chi connectivity index (χ0v) is 10.9. The van der Waals surface area contributed by atoms with Gasteiger partial charge in [0, 0.05) is 12.7 Å². The van der Waals surface area contributed by atoms with Gasteiger partial charge in [-0.05, 0) is 18.1 Å². The molecule has 0 aliphatic heterocycles. The Morgan fingerprint density at radius 1 is 1.56 bits per heavy atom. The lowest BCUT2D eigenvalue weighted by atomic mass is 10.1. The first-order chi connectivity index (χ1) is 8.69. The van der Waals surface area contributed by atoms with Crippen LogP contribution >= 0.6 is 0 Å². The highest BCUT2D eigenvalue weighted by Gasteiger charge is 2.16. The summed E-state index contributed by atoms with van der Waals surface area (Å²) in [4.78, 5) is 4.66. The average Bonchev–Trinajstić information content (AvgIpc) is 2.75. The van der Waals surface area contributed by atoms with Crippen molar-refractivity contribution in [2.45, 2.75) is 26.3 Å². The molecule has 96 valence electrons. The SMILES string of the molecule is C=CCOc1cccn2c(CN)c(C(C)C)nc12. The Morgan fingerprint density at radius 2 is 2.33 bits per heavy atom. The summed E-state index contributed by atoms with van der Waals surface area (Å²) in [6.45, 7) is 8.83. The monoisotopic (exact) mass is 245 g/mol. The first-order valence-corrected chi connectivity index (χ1v) is 6.12. The summed E-state index contributed by atoms with van der Waals surface area (Å²) < 4.78 is 7.63. The molecular formula is C14H19N3O. The maximum atomic E-state index is 5.83. The molecule has 0 aromatic carbocycles. The van der Waals surface area contributed by atoms with Crippen molar-refractivity contribution in [2.75, 3.05) is 6.61 Å². The summed E-state index contributed by atoms with van der Waals surface area (Å²) in [5, 5.41) is 0. The van der Waals surface area contributed by atoms with Gasteiger partial charge in [0.2, 0.25) is 0 Å².